The molecule has 2 heterocycles. The molecule has 0 aliphatic carbocycles. The predicted molar refractivity (Wildman–Crippen MR) is 86.4 cm³/mol. The summed E-state index contributed by atoms with van der Waals surface area (Å²) in [5, 5.41) is 9.55. The summed E-state index contributed by atoms with van der Waals surface area (Å²) in [7, 11) is 0. The normalized spacial score (nSPS) is 20.0. The second-order valence-electron chi connectivity index (χ2n) is 7.60. The Balaban J connectivity index is 1.88. The van der Waals surface area contributed by atoms with Crippen LogP contribution in [0.2, 0.25) is 0 Å². The summed E-state index contributed by atoms with van der Waals surface area (Å²) in [5.41, 5.74) is 4.75. The summed E-state index contributed by atoms with van der Waals surface area (Å²) >= 11 is 0. The van der Waals surface area contributed by atoms with E-state index >= 15 is 0 Å². The van der Waals surface area contributed by atoms with Crippen LogP contribution in [-0.4, -0.2) is 35.8 Å². The molecule has 0 aromatic heterocycles. The SMILES string of the molecule is CC(C)(C)CN(CC1OCCc2ccc3c(c21)COC3)C(=O)O. The van der Waals surface area contributed by atoms with Gasteiger partial charge in [-0.1, -0.05) is 32.9 Å². The number of carboxylic acid groups (broad SMARTS) is 1. The molecular formula is C18H25NO4. The molecule has 2 aliphatic heterocycles. The Morgan fingerprint density at radius 3 is 2.74 bits per heavy atom. The lowest BCUT2D eigenvalue weighted by atomic mass is 9.89. The molecule has 1 unspecified atom stereocenters. The van der Waals surface area contributed by atoms with Gasteiger partial charge in [0.05, 0.1) is 26.4 Å². The summed E-state index contributed by atoms with van der Waals surface area (Å²) in [5.74, 6) is 0. The van der Waals surface area contributed by atoms with Gasteiger partial charge in [-0.05, 0) is 34.1 Å². The second-order valence-corrected chi connectivity index (χ2v) is 7.60. The molecule has 1 aromatic carbocycles. The maximum absolute atomic E-state index is 11.6. The highest BCUT2D eigenvalue weighted by Gasteiger charge is 2.31. The molecule has 0 spiro atoms. The standard InChI is InChI=1S/C18H25NO4/c1-18(2,3)11-19(17(20)21)8-15-16-12(6-7-23-15)4-5-13-9-22-10-14(13)16/h4-5,15H,6-11H2,1-3H3,(H,20,21). The minimum Gasteiger partial charge on any atom is -0.465 e. The Kier molecular flexibility index (Phi) is 4.34. The third-order valence-corrected chi connectivity index (χ3v) is 4.38. The molecule has 1 atom stereocenters. The van der Waals surface area contributed by atoms with Gasteiger partial charge in [0.2, 0.25) is 0 Å². The van der Waals surface area contributed by atoms with Crippen LogP contribution in [-0.2, 0) is 29.1 Å². The number of nitrogens with zero attached hydrogens (tertiary/aromatic N) is 1. The maximum Gasteiger partial charge on any atom is 0.407 e. The van der Waals surface area contributed by atoms with Crippen LogP contribution in [0.4, 0.5) is 4.79 Å². The van der Waals surface area contributed by atoms with Gasteiger partial charge >= 0.3 is 6.09 Å². The highest BCUT2D eigenvalue weighted by Crippen LogP contribution is 2.36. The number of carbonyl (C=O) groups is 1. The highest BCUT2D eigenvalue weighted by molar-refractivity contribution is 5.65. The Labute approximate surface area is 137 Å². The fraction of sp³-hybridized carbons (Fsp3) is 0.611. The molecule has 126 valence electrons. The van der Waals surface area contributed by atoms with Crippen molar-refractivity contribution in [1.82, 2.24) is 4.90 Å². The van der Waals surface area contributed by atoms with Crippen LogP contribution >= 0.6 is 0 Å². The molecule has 0 radical (unpaired) electrons. The molecule has 3 rings (SSSR count). The number of fused-ring (bicyclic) bond motifs is 3. The van der Waals surface area contributed by atoms with Gasteiger partial charge in [-0.15, -0.1) is 0 Å². The van der Waals surface area contributed by atoms with Gasteiger partial charge in [-0.2, -0.15) is 0 Å². The van der Waals surface area contributed by atoms with E-state index in [4.69, 9.17) is 9.47 Å². The van der Waals surface area contributed by atoms with Crippen molar-refractivity contribution in [2.45, 2.75) is 46.5 Å². The van der Waals surface area contributed by atoms with E-state index in [1.54, 1.807) is 0 Å². The quantitative estimate of drug-likeness (QED) is 0.928. The fourth-order valence-electron chi connectivity index (χ4n) is 3.47. The summed E-state index contributed by atoms with van der Waals surface area (Å²) < 4.78 is 11.5. The van der Waals surface area contributed by atoms with Crippen molar-refractivity contribution in [1.29, 1.82) is 0 Å². The lowest BCUT2D eigenvalue weighted by Crippen LogP contribution is -2.41. The van der Waals surface area contributed by atoms with E-state index in [0.717, 1.165) is 12.0 Å². The first-order valence-electron chi connectivity index (χ1n) is 8.16. The monoisotopic (exact) mass is 319 g/mol. The number of benzene rings is 1. The zero-order valence-corrected chi connectivity index (χ0v) is 14.1. The van der Waals surface area contributed by atoms with Crippen LogP contribution < -0.4 is 0 Å². The Morgan fingerprint density at radius 1 is 1.30 bits per heavy atom. The van der Waals surface area contributed by atoms with Crippen LogP contribution in [0.3, 0.4) is 0 Å². The Bertz CT molecular complexity index is 606. The van der Waals surface area contributed by atoms with E-state index in [1.165, 1.54) is 21.6 Å². The molecule has 0 fully saturated rings. The summed E-state index contributed by atoms with van der Waals surface area (Å²) in [4.78, 5) is 13.1. The van der Waals surface area contributed by atoms with Crippen molar-refractivity contribution in [3.8, 4) is 0 Å². The molecule has 0 bridgehead atoms. The third-order valence-electron chi connectivity index (χ3n) is 4.38. The van der Waals surface area contributed by atoms with Gasteiger partial charge < -0.3 is 19.5 Å². The fourth-order valence-corrected chi connectivity index (χ4v) is 3.47. The molecule has 23 heavy (non-hydrogen) atoms. The highest BCUT2D eigenvalue weighted by atomic mass is 16.5. The number of hydrogen-bond donors (Lipinski definition) is 1. The molecule has 5 nitrogen and oxygen atoms in total. The first-order valence-corrected chi connectivity index (χ1v) is 8.16. The minimum atomic E-state index is -0.889. The van der Waals surface area contributed by atoms with Crippen molar-refractivity contribution in [2.75, 3.05) is 19.7 Å². The van der Waals surface area contributed by atoms with E-state index in [1.807, 2.05) is 20.8 Å². The number of ether oxygens (including phenoxy) is 2. The van der Waals surface area contributed by atoms with Crippen molar-refractivity contribution in [3.63, 3.8) is 0 Å². The van der Waals surface area contributed by atoms with Gasteiger partial charge in [0.25, 0.3) is 0 Å². The van der Waals surface area contributed by atoms with E-state index in [2.05, 4.69) is 12.1 Å². The predicted octanol–water partition coefficient (Wildman–Crippen LogP) is 3.36. The van der Waals surface area contributed by atoms with Crippen LogP contribution in [0.15, 0.2) is 12.1 Å². The molecule has 0 saturated heterocycles. The lowest BCUT2D eigenvalue weighted by Gasteiger charge is -2.34. The van der Waals surface area contributed by atoms with Gasteiger partial charge in [0.15, 0.2) is 0 Å². The van der Waals surface area contributed by atoms with Gasteiger partial charge in [-0.3, -0.25) is 0 Å². The van der Waals surface area contributed by atoms with Gasteiger partial charge in [0, 0.05) is 6.54 Å². The summed E-state index contributed by atoms with van der Waals surface area (Å²) in [6, 6.07) is 4.28. The summed E-state index contributed by atoms with van der Waals surface area (Å²) in [6.07, 6.45) is -0.209. The molecule has 5 heteroatoms. The topological polar surface area (TPSA) is 59.0 Å². The van der Waals surface area contributed by atoms with E-state index in [0.29, 0.717) is 32.9 Å². The minimum absolute atomic E-state index is 0.0857. The third kappa shape index (κ3) is 3.51. The lowest BCUT2D eigenvalue weighted by molar-refractivity contribution is 0.0108. The molecular weight excluding hydrogens is 294 g/mol. The van der Waals surface area contributed by atoms with Crippen molar-refractivity contribution in [2.24, 2.45) is 5.41 Å². The second kappa shape index (κ2) is 6.13. The number of rotatable bonds is 3. The van der Waals surface area contributed by atoms with Gasteiger partial charge in [0.1, 0.15) is 6.10 Å². The van der Waals surface area contributed by atoms with Crippen LogP contribution in [0.5, 0.6) is 0 Å². The number of hydrogen-bond acceptors (Lipinski definition) is 3. The first kappa shape index (κ1) is 16.3. The number of amides is 1. The van der Waals surface area contributed by atoms with Gasteiger partial charge in [-0.25, -0.2) is 4.79 Å². The smallest absolute Gasteiger partial charge is 0.407 e. The van der Waals surface area contributed by atoms with Crippen LogP contribution in [0.25, 0.3) is 0 Å². The van der Waals surface area contributed by atoms with E-state index in [-0.39, 0.29) is 11.5 Å². The average Bonchev–Trinajstić information content (AvgIpc) is 2.93. The zero-order chi connectivity index (χ0) is 16.6. The Morgan fingerprint density at radius 2 is 2.04 bits per heavy atom. The molecule has 1 N–H and O–H groups in total. The largest absolute Gasteiger partial charge is 0.465 e. The Hall–Kier alpha value is -1.59. The molecule has 1 aromatic rings. The molecule has 0 saturated carbocycles. The maximum atomic E-state index is 11.6. The van der Waals surface area contributed by atoms with Crippen molar-refractivity contribution < 1.29 is 19.4 Å². The molecule has 2 aliphatic rings. The zero-order valence-electron chi connectivity index (χ0n) is 14.1. The van der Waals surface area contributed by atoms with Crippen molar-refractivity contribution >= 4 is 6.09 Å². The summed E-state index contributed by atoms with van der Waals surface area (Å²) in [6.45, 7) is 8.88. The van der Waals surface area contributed by atoms with E-state index in [9.17, 15) is 9.90 Å². The van der Waals surface area contributed by atoms with Crippen LogP contribution in [0, 0.1) is 5.41 Å². The van der Waals surface area contributed by atoms with E-state index < -0.39 is 6.09 Å². The molecule has 1 amide bonds. The van der Waals surface area contributed by atoms with Crippen molar-refractivity contribution in [3.05, 3.63) is 34.4 Å². The van der Waals surface area contributed by atoms with Crippen LogP contribution in [0.1, 0.15) is 49.1 Å². The first-order chi connectivity index (χ1) is 10.8. The average molecular weight is 319 g/mol.